The molecule has 0 spiro atoms. The third-order valence-electron chi connectivity index (χ3n) is 4.60. The molecule has 0 radical (unpaired) electrons. The molecule has 2 aromatic rings. The Morgan fingerprint density at radius 2 is 1.86 bits per heavy atom. The van der Waals surface area contributed by atoms with Crippen LogP contribution in [0.15, 0.2) is 34.2 Å². The van der Waals surface area contributed by atoms with E-state index in [0.717, 1.165) is 11.8 Å². The molecule has 0 amide bonds. The van der Waals surface area contributed by atoms with Crippen molar-refractivity contribution in [3.05, 3.63) is 41.2 Å². The van der Waals surface area contributed by atoms with Crippen LogP contribution in [0.4, 0.5) is 13.2 Å². The quantitative estimate of drug-likeness (QED) is 0.747. The molecule has 28 heavy (non-hydrogen) atoms. The second-order valence-corrected chi connectivity index (χ2v) is 10.5. The Bertz CT molecular complexity index is 1090. The zero-order valence-electron chi connectivity index (χ0n) is 14.7. The topological polar surface area (TPSA) is 109 Å². The Morgan fingerprint density at radius 3 is 2.50 bits per heavy atom. The molecule has 1 aliphatic rings. The maximum Gasteiger partial charge on any atom is 0.416 e. The average molecular weight is 437 g/mol. The number of nitrogens with zero attached hydrogens (tertiary/aromatic N) is 1. The number of sulfonamides is 1. The molecule has 7 nitrogen and oxygen atoms in total. The first-order chi connectivity index (χ1) is 12.9. The van der Waals surface area contributed by atoms with Crippen molar-refractivity contribution in [2.24, 2.45) is 0 Å². The molecule has 0 saturated heterocycles. The fourth-order valence-electron chi connectivity index (χ4n) is 3.08. The molecule has 0 bridgehead atoms. The van der Waals surface area contributed by atoms with Crippen molar-refractivity contribution in [3.63, 3.8) is 0 Å². The summed E-state index contributed by atoms with van der Waals surface area (Å²) in [7, 11) is -8.45. The Labute approximate surface area is 160 Å². The van der Waals surface area contributed by atoms with Gasteiger partial charge < -0.3 is 0 Å². The molecule has 1 aromatic carbocycles. The van der Waals surface area contributed by atoms with Gasteiger partial charge in [-0.05, 0) is 37.5 Å². The number of hydrogen-bond acceptors (Lipinski definition) is 5. The number of aryl methyl sites for hydroxylation is 1. The highest BCUT2D eigenvalue weighted by Gasteiger charge is 2.35. The van der Waals surface area contributed by atoms with E-state index in [0.29, 0.717) is 37.0 Å². The number of aromatic amines is 1. The Morgan fingerprint density at radius 1 is 1.18 bits per heavy atom. The van der Waals surface area contributed by atoms with Crippen LogP contribution in [0.1, 0.15) is 42.6 Å². The lowest BCUT2D eigenvalue weighted by molar-refractivity contribution is -0.137. The summed E-state index contributed by atoms with van der Waals surface area (Å²) in [5.41, 5.74) is 0.0514. The van der Waals surface area contributed by atoms with Crippen LogP contribution >= 0.6 is 0 Å². The first-order valence-corrected chi connectivity index (χ1v) is 11.6. The predicted molar refractivity (Wildman–Crippen MR) is 93.8 cm³/mol. The van der Waals surface area contributed by atoms with Crippen molar-refractivity contribution in [1.82, 2.24) is 14.9 Å². The molecule has 1 heterocycles. The van der Waals surface area contributed by atoms with E-state index < -0.39 is 53.2 Å². The number of hydrogen-bond donors (Lipinski definition) is 2. The molecule has 0 unspecified atom stereocenters. The van der Waals surface area contributed by atoms with Gasteiger partial charge in [-0.1, -0.05) is 6.92 Å². The van der Waals surface area contributed by atoms with Gasteiger partial charge in [0.1, 0.15) is 0 Å². The van der Waals surface area contributed by atoms with Gasteiger partial charge in [0, 0.05) is 11.3 Å². The van der Waals surface area contributed by atoms with Gasteiger partial charge in [0.25, 0.3) is 0 Å². The van der Waals surface area contributed by atoms with Crippen LogP contribution in [0.25, 0.3) is 0 Å². The van der Waals surface area contributed by atoms with E-state index in [1.54, 1.807) is 0 Å². The Kier molecular flexibility index (Phi) is 5.32. The first-order valence-electron chi connectivity index (χ1n) is 8.43. The number of H-pyrrole nitrogens is 1. The summed E-state index contributed by atoms with van der Waals surface area (Å²) in [4.78, 5) is -1.43. The maximum absolute atomic E-state index is 13.2. The van der Waals surface area contributed by atoms with Gasteiger partial charge in [0.15, 0.2) is 9.84 Å². The molecule has 0 saturated carbocycles. The molecule has 1 aromatic heterocycles. The summed E-state index contributed by atoms with van der Waals surface area (Å²) in [5, 5.41) is 6.64. The normalized spacial score (nSPS) is 18.1. The van der Waals surface area contributed by atoms with Crippen molar-refractivity contribution in [2.45, 2.75) is 48.2 Å². The van der Waals surface area contributed by atoms with E-state index in [-0.39, 0.29) is 0 Å². The minimum absolute atomic E-state index is 0.441. The summed E-state index contributed by atoms with van der Waals surface area (Å²) in [5.74, 6) is -0.456. The Hall–Kier alpha value is -1.92. The average Bonchev–Trinajstić information content (AvgIpc) is 3.10. The number of alkyl halides is 3. The molecule has 1 atom stereocenters. The third-order valence-corrected chi connectivity index (χ3v) is 7.77. The largest absolute Gasteiger partial charge is 0.416 e. The molecule has 1 aliphatic carbocycles. The number of sulfone groups is 1. The summed E-state index contributed by atoms with van der Waals surface area (Å²) < 4.78 is 91.8. The van der Waals surface area contributed by atoms with Gasteiger partial charge in [-0.2, -0.15) is 18.3 Å². The van der Waals surface area contributed by atoms with Crippen LogP contribution in [-0.2, 0) is 32.5 Å². The van der Waals surface area contributed by atoms with Crippen LogP contribution in [0.2, 0.25) is 0 Å². The number of halogens is 3. The number of nitrogens with one attached hydrogen (secondary N) is 2. The third kappa shape index (κ3) is 4.08. The van der Waals surface area contributed by atoms with Crippen LogP contribution in [0, 0.1) is 0 Å². The first kappa shape index (κ1) is 20.8. The fourth-order valence-corrected chi connectivity index (χ4v) is 5.42. The van der Waals surface area contributed by atoms with Gasteiger partial charge in [-0.3, -0.25) is 5.10 Å². The van der Waals surface area contributed by atoms with Gasteiger partial charge in [0.2, 0.25) is 10.0 Å². The van der Waals surface area contributed by atoms with Gasteiger partial charge in [-0.25, -0.2) is 21.6 Å². The van der Waals surface area contributed by atoms with E-state index in [1.807, 2.05) is 0 Å². The molecule has 0 fully saturated rings. The van der Waals surface area contributed by atoms with E-state index in [1.165, 1.54) is 13.1 Å². The standard InChI is InChI=1S/C16H18F3N3O4S2/c1-2-27(23,24)11-6-10(16(17,18)19)7-12(8-11)28(25,26)22-15-5-3-4-14-13(15)9-20-21-14/h6-9,15,22H,2-5H2,1H3,(H,20,21)/t15-/m1/s1. The van der Waals surface area contributed by atoms with E-state index in [2.05, 4.69) is 14.9 Å². The van der Waals surface area contributed by atoms with E-state index in [4.69, 9.17) is 0 Å². The molecular weight excluding hydrogens is 419 g/mol. The smallest absolute Gasteiger partial charge is 0.282 e. The number of aromatic nitrogens is 2. The van der Waals surface area contributed by atoms with E-state index in [9.17, 15) is 30.0 Å². The SMILES string of the molecule is CCS(=O)(=O)c1cc(C(F)(F)F)cc(S(=O)(=O)N[C@@H]2CCCc3[nH]ncc32)c1. The van der Waals surface area contributed by atoms with Gasteiger partial charge in [0.05, 0.1) is 33.3 Å². The number of rotatable bonds is 5. The van der Waals surface area contributed by atoms with Crippen LogP contribution in [0.5, 0.6) is 0 Å². The molecule has 154 valence electrons. The molecular formula is C16H18F3N3O4S2. The lowest BCUT2D eigenvalue weighted by Gasteiger charge is -2.23. The molecule has 3 rings (SSSR count). The lowest BCUT2D eigenvalue weighted by atomic mass is 9.94. The number of fused-ring (bicyclic) bond motifs is 1. The second kappa shape index (κ2) is 7.16. The van der Waals surface area contributed by atoms with Crippen molar-refractivity contribution >= 4 is 19.9 Å². The monoisotopic (exact) mass is 437 g/mol. The fraction of sp³-hybridized carbons (Fsp3) is 0.438. The minimum atomic E-state index is -4.90. The lowest BCUT2D eigenvalue weighted by Crippen LogP contribution is -2.31. The molecule has 2 N–H and O–H groups in total. The summed E-state index contributed by atoms with van der Waals surface area (Å²) in [6, 6.07) is 0.992. The minimum Gasteiger partial charge on any atom is -0.282 e. The zero-order valence-corrected chi connectivity index (χ0v) is 16.4. The molecule has 0 aliphatic heterocycles. The summed E-state index contributed by atoms with van der Waals surface area (Å²) >= 11 is 0. The number of benzene rings is 1. The van der Waals surface area contributed by atoms with Gasteiger partial charge in [-0.15, -0.1) is 0 Å². The second-order valence-electron chi connectivity index (χ2n) is 6.46. The van der Waals surface area contributed by atoms with Crippen molar-refractivity contribution < 1.29 is 30.0 Å². The molecule has 12 heteroatoms. The predicted octanol–water partition coefficient (Wildman–Crippen LogP) is 2.58. The van der Waals surface area contributed by atoms with Crippen LogP contribution in [0.3, 0.4) is 0 Å². The summed E-state index contributed by atoms with van der Waals surface area (Å²) in [6.07, 6.45) is -1.62. The summed E-state index contributed by atoms with van der Waals surface area (Å²) in [6.45, 7) is 1.27. The van der Waals surface area contributed by atoms with Gasteiger partial charge >= 0.3 is 6.18 Å². The van der Waals surface area contributed by atoms with Crippen molar-refractivity contribution in [1.29, 1.82) is 0 Å². The van der Waals surface area contributed by atoms with E-state index >= 15 is 0 Å². The van der Waals surface area contributed by atoms with Crippen LogP contribution < -0.4 is 4.72 Å². The van der Waals surface area contributed by atoms with Crippen molar-refractivity contribution in [2.75, 3.05) is 5.75 Å². The zero-order chi connectivity index (χ0) is 20.7. The van der Waals surface area contributed by atoms with Crippen LogP contribution in [-0.4, -0.2) is 32.8 Å². The highest BCUT2D eigenvalue weighted by atomic mass is 32.2. The van der Waals surface area contributed by atoms with Crippen molar-refractivity contribution in [3.8, 4) is 0 Å². The highest BCUT2D eigenvalue weighted by molar-refractivity contribution is 7.91. The Balaban J connectivity index is 2.06. The highest BCUT2D eigenvalue weighted by Crippen LogP contribution is 2.34. The maximum atomic E-state index is 13.2.